The molecule has 1 unspecified atom stereocenters. The lowest BCUT2D eigenvalue weighted by Gasteiger charge is -2.38. The first-order valence-electron chi connectivity index (χ1n) is 8.03. The third-order valence-corrected chi connectivity index (χ3v) is 4.42. The summed E-state index contributed by atoms with van der Waals surface area (Å²) in [7, 11) is 1.42. The molecule has 0 radical (unpaired) electrons. The minimum absolute atomic E-state index is 0.0924. The van der Waals surface area contributed by atoms with Crippen molar-refractivity contribution >= 4 is 23.2 Å². The van der Waals surface area contributed by atoms with Crippen LogP contribution in [0.5, 0.6) is 5.75 Å². The van der Waals surface area contributed by atoms with Crippen LogP contribution in [0.25, 0.3) is 0 Å². The fourth-order valence-corrected chi connectivity index (χ4v) is 3.23. The molecule has 2 aliphatic rings. The van der Waals surface area contributed by atoms with Gasteiger partial charge in [-0.15, -0.1) is 13.2 Å². The molecule has 1 atom stereocenters. The SMILES string of the molecule is CN1C(=O)c2ccccc2N2C1C(=O)N(c1ccc(OC(F)(F)F)cc1)N2O. The standard InChI is InChI=1S/C17H13F3N4O4/c1-21-14-16(26)22(10-6-8-11(9-7-10)28-17(18,19)20)24(27)23(14)13-5-3-2-4-12(13)15(21)25/h2-9,14,27H,1H3. The van der Waals surface area contributed by atoms with Crippen LogP contribution in [0.1, 0.15) is 10.4 Å². The van der Waals surface area contributed by atoms with Gasteiger partial charge >= 0.3 is 6.36 Å². The Morgan fingerprint density at radius 3 is 2.32 bits per heavy atom. The van der Waals surface area contributed by atoms with Crippen LogP contribution in [-0.4, -0.2) is 46.8 Å². The molecule has 2 aliphatic heterocycles. The highest BCUT2D eigenvalue weighted by Crippen LogP contribution is 2.38. The van der Waals surface area contributed by atoms with E-state index in [1.807, 2.05) is 0 Å². The van der Waals surface area contributed by atoms with Crippen molar-refractivity contribution in [2.45, 2.75) is 12.5 Å². The molecule has 0 aliphatic carbocycles. The summed E-state index contributed by atoms with van der Waals surface area (Å²) in [6.45, 7) is 0. The zero-order valence-corrected chi connectivity index (χ0v) is 14.3. The average molecular weight is 394 g/mol. The molecule has 1 fully saturated rings. The number of amides is 2. The lowest BCUT2D eigenvalue weighted by Crippen LogP contribution is -2.55. The van der Waals surface area contributed by atoms with Crippen LogP contribution in [0.15, 0.2) is 48.5 Å². The van der Waals surface area contributed by atoms with Crippen molar-refractivity contribution in [2.75, 3.05) is 17.1 Å². The van der Waals surface area contributed by atoms with Crippen LogP contribution in [0.3, 0.4) is 0 Å². The zero-order valence-electron chi connectivity index (χ0n) is 14.3. The number of halogens is 3. The maximum absolute atomic E-state index is 12.9. The number of carbonyl (C=O) groups is 2. The second kappa shape index (κ2) is 6.11. The molecular weight excluding hydrogens is 381 g/mol. The number of benzene rings is 2. The number of fused-ring (bicyclic) bond motifs is 3. The number of ether oxygens (including phenoxy) is 1. The average Bonchev–Trinajstić information content (AvgIpc) is 2.90. The first-order chi connectivity index (χ1) is 13.2. The number of rotatable bonds is 2. The highest BCUT2D eigenvalue weighted by atomic mass is 19.4. The molecule has 11 heteroatoms. The second-order valence-electron chi connectivity index (χ2n) is 6.11. The number of anilines is 2. The van der Waals surface area contributed by atoms with Crippen molar-refractivity contribution in [1.29, 1.82) is 0 Å². The van der Waals surface area contributed by atoms with E-state index in [4.69, 9.17) is 0 Å². The number of hydrogen-bond donors (Lipinski definition) is 1. The Hall–Kier alpha value is -3.31. The molecule has 146 valence electrons. The number of carbonyl (C=O) groups excluding carboxylic acids is 2. The van der Waals surface area contributed by atoms with Gasteiger partial charge in [-0.05, 0) is 36.4 Å². The monoisotopic (exact) mass is 394 g/mol. The molecule has 1 saturated heterocycles. The van der Waals surface area contributed by atoms with Gasteiger partial charge in [0.05, 0.1) is 16.9 Å². The molecule has 0 saturated carbocycles. The van der Waals surface area contributed by atoms with Crippen molar-refractivity contribution in [2.24, 2.45) is 0 Å². The Balaban J connectivity index is 1.70. The fraction of sp³-hybridized carbons (Fsp3) is 0.176. The van der Waals surface area contributed by atoms with Crippen molar-refractivity contribution < 1.29 is 32.7 Å². The Morgan fingerprint density at radius 2 is 1.68 bits per heavy atom. The third kappa shape index (κ3) is 2.72. The van der Waals surface area contributed by atoms with Gasteiger partial charge in [-0.2, -0.15) is 5.01 Å². The van der Waals surface area contributed by atoms with Gasteiger partial charge in [-0.25, -0.2) is 5.01 Å². The lowest BCUT2D eigenvalue weighted by atomic mass is 10.1. The number of hydrazine groups is 2. The van der Waals surface area contributed by atoms with Crippen LogP contribution in [0.4, 0.5) is 24.5 Å². The van der Waals surface area contributed by atoms with Crippen LogP contribution in [0, 0.1) is 0 Å². The third-order valence-electron chi connectivity index (χ3n) is 4.42. The largest absolute Gasteiger partial charge is 0.573 e. The Kier molecular flexibility index (Phi) is 3.94. The molecule has 4 rings (SSSR count). The summed E-state index contributed by atoms with van der Waals surface area (Å²) < 4.78 is 40.7. The first kappa shape index (κ1) is 18.1. The Bertz CT molecular complexity index is 950. The number of nitrogens with zero attached hydrogens (tertiary/aromatic N) is 4. The highest BCUT2D eigenvalue weighted by Gasteiger charge is 2.53. The van der Waals surface area contributed by atoms with Gasteiger partial charge in [0.2, 0.25) is 6.17 Å². The van der Waals surface area contributed by atoms with Gasteiger partial charge in [0, 0.05) is 12.3 Å². The lowest BCUT2D eigenvalue weighted by molar-refractivity contribution is -0.274. The molecule has 2 aromatic rings. The molecule has 2 aromatic carbocycles. The van der Waals surface area contributed by atoms with Crippen molar-refractivity contribution in [3.63, 3.8) is 0 Å². The molecule has 8 nitrogen and oxygen atoms in total. The Morgan fingerprint density at radius 1 is 1.04 bits per heavy atom. The molecule has 0 spiro atoms. The van der Waals surface area contributed by atoms with Gasteiger partial charge in [0.25, 0.3) is 11.8 Å². The van der Waals surface area contributed by atoms with E-state index in [0.717, 1.165) is 17.1 Å². The summed E-state index contributed by atoms with van der Waals surface area (Å²) >= 11 is 0. The maximum atomic E-state index is 12.9. The van der Waals surface area contributed by atoms with E-state index in [1.165, 1.54) is 29.1 Å². The van der Waals surface area contributed by atoms with Crippen LogP contribution in [0.2, 0.25) is 0 Å². The van der Waals surface area contributed by atoms with E-state index in [0.29, 0.717) is 16.5 Å². The van der Waals surface area contributed by atoms with Crippen LogP contribution in [-0.2, 0) is 4.79 Å². The zero-order chi connectivity index (χ0) is 20.2. The molecule has 2 heterocycles. The summed E-state index contributed by atoms with van der Waals surface area (Å²) in [5, 5.41) is 13.2. The predicted octanol–water partition coefficient (Wildman–Crippen LogP) is 2.37. The van der Waals surface area contributed by atoms with E-state index in [1.54, 1.807) is 24.3 Å². The number of likely N-dealkylation sites (N-methyl/N-ethyl adjacent to an activating group) is 1. The molecule has 2 amide bonds. The molecule has 0 bridgehead atoms. The van der Waals surface area contributed by atoms with Gasteiger partial charge in [-0.3, -0.25) is 14.8 Å². The van der Waals surface area contributed by atoms with E-state index in [2.05, 4.69) is 4.74 Å². The van der Waals surface area contributed by atoms with Gasteiger partial charge < -0.3 is 9.64 Å². The molecule has 0 aromatic heterocycles. The summed E-state index contributed by atoms with van der Waals surface area (Å²) in [5.41, 5.74) is 0.713. The number of para-hydroxylation sites is 1. The first-order valence-corrected chi connectivity index (χ1v) is 8.03. The van der Waals surface area contributed by atoms with Gasteiger partial charge in [0.1, 0.15) is 5.75 Å². The normalized spacial score (nSPS) is 19.8. The van der Waals surface area contributed by atoms with Crippen LogP contribution < -0.4 is 14.8 Å². The molecule has 28 heavy (non-hydrogen) atoms. The Labute approximate surface area is 156 Å². The summed E-state index contributed by atoms with van der Waals surface area (Å²) in [5.74, 6) is -1.52. The van der Waals surface area contributed by atoms with Gasteiger partial charge in [-0.1, -0.05) is 12.1 Å². The van der Waals surface area contributed by atoms with Crippen molar-refractivity contribution in [3.8, 4) is 5.75 Å². The van der Waals surface area contributed by atoms with Crippen molar-refractivity contribution in [1.82, 2.24) is 10.2 Å². The molecule has 1 N–H and O–H groups in total. The quantitative estimate of drug-likeness (QED) is 0.843. The summed E-state index contributed by atoms with van der Waals surface area (Å²) in [6, 6.07) is 10.9. The second-order valence-corrected chi connectivity index (χ2v) is 6.11. The van der Waals surface area contributed by atoms with Gasteiger partial charge in [0.15, 0.2) is 0 Å². The van der Waals surface area contributed by atoms with Crippen LogP contribution >= 0.6 is 0 Å². The minimum atomic E-state index is -4.85. The maximum Gasteiger partial charge on any atom is 0.573 e. The van der Waals surface area contributed by atoms with E-state index in [9.17, 15) is 28.0 Å². The molecular formula is C17H13F3N4O4. The topological polar surface area (TPSA) is 76.6 Å². The summed E-state index contributed by atoms with van der Waals surface area (Å²) in [4.78, 5) is 26.6. The highest BCUT2D eigenvalue weighted by molar-refractivity contribution is 6.10. The minimum Gasteiger partial charge on any atom is -0.406 e. The van der Waals surface area contributed by atoms with Crippen molar-refractivity contribution in [3.05, 3.63) is 54.1 Å². The van der Waals surface area contributed by atoms with E-state index < -0.39 is 30.1 Å². The number of alkyl halides is 3. The number of hydrogen-bond acceptors (Lipinski definition) is 6. The fourth-order valence-electron chi connectivity index (χ4n) is 3.23. The van der Waals surface area contributed by atoms with E-state index in [-0.39, 0.29) is 5.69 Å². The predicted molar refractivity (Wildman–Crippen MR) is 89.0 cm³/mol. The smallest absolute Gasteiger partial charge is 0.406 e. The van der Waals surface area contributed by atoms with E-state index >= 15 is 0 Å². The summed E-state index contributed by atoms with van der Waals surface area (Å²) in [6.07, 6.45) is -5.99.